The van der Waals surface area contributed by atoms with Crippen LogP contribution in [0.25, 0.3) is 5.57 Å². The van der Waals surface area contributed by atoms with E-state index in [4.69, 9.17) is 5.11 Å². The third-order valence-corrected chi connectivity index (χ3v) is 2.97. The minimum absolute atomic E-state index is 0.0990. The van der Waals surface area contributed by atoms with Gasteiger partial charge < -0.3 is 10.4 Å². The summed E-state index contributed by atoms with van der Waals surface area (Å²) < 4.78 is 0. The van der Waals surface area contributed by atoms with E-state index in [0.29, 0.717) is 13.0 Å². The summed E-state index contributed by atoms with van der Waals surface area (Å²) in [6.07, 6.45) is 2.65. The van der Waals surface area contributed by atoms with Crippen molar-refractivity contribution in [1.82, 2.24) is 5.32 Å². The van der Waals surface area contributed by atoms with E-state index in [2.05, 4.69) is 5.32 Å². The van der Waals surface area contributed by atoms with E-state index in [9.17, 15) is 4.79 Å². The molecule has 1 rings (SSSR count). The molecule has 0 aliphatic carbocycles. The third kappa shape index (κ3) is 5.71. The van der Waals surface area contributed by atoms with Gasteiger partial charge >= 0.3 is 0 Å². The Bertz CT molecular complexity index is 433. The minimum Gasteiger partial charge on any atom is -0.393 e. The molecule has 19 heavy (non-hydrogen) atoms. The molecule has 0 spiro atoms. The van der Waals surface area contributed by atoms with E-state index in [0.717, 1.165) is 17.6 Å². The van der Waals surface area contributed by atoms with Crippen molar-refractivity contribution in [1.29, 1.82) is 0 Å². The molecule has 3 nitrogen and oxygen atoms in total. The maximum absolute atomic E-state index is 11.8. The number of carbonyl (C=O) groups is 1. The predicted octanol–water partition coefficient (Wildman–Crippen LogP) is 2.68. The molecule has 0 aliphatic rings. The molecule has 1 unspecified atom stereocenters. The molecule has 1 amide bonds. The molecule has 3 heteroatoms. The van der Waals surface area contributed by atoms with Crippen molar-refractivity contribution >= 4 is 11.5 Å². The van der Waals surface area contributed by atoms with Crippen molar-refractivity contribution in [3.63, 3.8) is 0 Å². The Morgan fingerprint density at radius 2 is 2.00 bits per heavy atom. The third-order valence-electron chi connectivity index (χ3n) is 2.97. The monoisotopic (exact) mass is 261 g/mol. The lowest BCUT2D eigenvalue weighted by atomic mass is 10.0. The fourth-order valence-corrected chi connectivity index (χ4v) is 1.77. The Labute approximate surface area is 115 Å². The number of nitrogens with one attached hydrogen (secondary N) is 1. The number of carbonyl (C=O) groups excluding carboxylic acids is 1. The first-order valence-corrected chi connectivity index (χ1v) is 6.76. The van der Waals surface area contributed by atoms with Crippen LogP contribution in [-0.2, 0) is 4.79 Å². The van der Waals surface area contributed by atoms with Crippen LogP contribution in [0, 0.1) is 6.92 Å². The Morgan fingerprint density at radius 3 is 2.53 bits per heavy atom. The van der Waals surface area contributed by atoms with Gasteiger partial charge in [0.1, 0.15) is 0 Å². The highest BCUT2D eigenvalue weighted by Gasteiger charge is 2.03. The fourth-order valence-electron chi connectivity index (χ4n) is 1.77. The van der Waals surface area contributed by atoms with Crippen molar-refractivity contribution in [3.05, 3.63) is 41.5 Å². The second-order valence-corrected chi connectivity index (χ2v) is 4.82. The van der Waals surface area contributed by atoms with Crippen molar-refractivity contribution in [2.45, 2.75) is 39.7 Å². The molecule has 0 aromatic heterocycles. The topological polar surface area (TPSA) is 49.3 Å². The van der Waals surface area contributed by atoms with Gasteiger partial charge in [0, 0.05) is 12.6 Å². The molecular weight excluding hydrogens is 238 g/mol. The first-order chi connectivity index (χ1) is 9.02. The molecular formula is C16H23NO2. The predicted molar refractivity (Wildman–Crippen MR) is 78.8 cm³/mol. The van der Waals surface area contributed by atoms with Crippen LogP contribution in [0.5, 0.6) is 0 Å². The van der Waals surface area contributed by atoms with E-state index in [1.165, 1.54) is 5.56 Å². The first kappa shape index (κ1) is 15.4. The number of aryl methyl sites for hydroxylation is 1. The number of aliphatic hydroxyl groups is 1. The highest BCUT2D eigenvalue weighted by molar-refractivity contribution is 5.95. The van der Waals surface area contributed by atoms with Gasteiger partial charge in [-0.05, 0) is 37.8 Å². The standard InChI is InChI=1S/C16H23NO2/c1-4-14(15-7-5-12(2)6-8-15)11-16(19)17-10-9-13(3)18/h5-8,11,13,18H,4,9-10H2,1-3H3,(H,17,19). The molecule has 0 bridgehead atoms. The SMILES string of the molecule is CCC(=CC(=O)NCCC(C)O)c1ccc(C)cc1. The van der Waals surface area contributed by atoms with E-state index in [-0.39, 0.29) is 12.0 Å². The zero-order valence-electron chi connectivity index (χ0n) is 11.9. The van der Waals surface area contributed by atoms with Gasteiger partial charge in [-0.3, -0.25) is 4.79 Å². The van der Waals surface area contributed by atoms with Gasteiger partial charge in [0.15, 0.2) is 0 Å². The number of aliphatic hydroxyl groups excluding tert-OH is 1. The molecule has 104 valence electrons. The summed E-state index contributed by atoms with van der Waals surface area (Å²) in [6, 6.07) is 8.16. The van der Waals surface area contributed by atoms with Crippen molar-refractivity contribution in [2.24, 2.45) is 0 Å². The van der Waals surface area contributed by atoms with Crippen molar-refractivity contribution < 1.29 is 9.90 Å². The molecule has 0 radical (unpaired) electrons. The zero-order chi connectivity index (χ0) is 14.3. The lowest BCUT2D eigenvalue weighted by Gasteiger charge is -2.07. The number of amides is 1. The van der Waals surface area contributed by atoms with Crippen LogP contribution in [0.2, 0.25) is 0 Å². The number of allylic oxidation sites excluding steroid dienone is 1. The summed E-state index contributed by atoms with van der Waals surface area (Å²) in [6.45, 7) is 6.29. The number of rotatable bonds is 6. The van der Waals surface area contributed by atoms with Gasteiger partial charge in [0.2, 0.25) is 5.91 Å². The molecule has 0 heterocycles. The number of hydrogen-bond acceptors (Lipinski definition) is 2. The molecule has 0 fully saturated rings. The van der Waals surface area contributed by atoms with E-state index >= 15 is 0 Å². The Morgan fingerprint density at radius 1 is 1.37 bits per heavy atom. The average molecular weight is 261 g/mol. The molecule has 0 aliphatic heterocycles. The van der Waals surface area contributed by atoms with Crippen LogP contribution in [-0.4, -0.2) is 23.7 Å². The molecule has 1 aromatic rings. The molecule has 1 atom stereocenters. The lowest BCUT2D eigenvalue weighted by molar-refractivity contribution is -0.116. The maximum Gasteiger partial charge on any atom is 0.244 e. The normalized spacial score (nSPS) is 13.2. The molecule has 0 saturated carbocycles. The number of hydrogen-bond donors (Lipinski definition) is 2. The summed E-state index contributed by atoms with van der Waals surface area (Å²) in [5.41, 5.74) is 3.31. The number of benzene rings is 1. The van der Waals surface area contributed by atoms with Gasteiger partial charge in [-0.25, -0.2) is 0 Å². The second kappa shape index (κ2) is 7.74. The van der Waals surface area contributed by atoms with Crippen LogP contribution in [0.4, 0.5) is 0 Å². The van der Waals surface area contributed by atoms with Crippen molar-refractivity contribution in [3.8, 4) is 0 Å². The fraction of sp³-hybridized carbons (Fsp3) is 0.438. The quantitative estimate of drug-likeness (QED) is 0.773. The van der Waals surface area contributed by atoms with Gasteiger partial charge in [-0.2, -0.15) is 0 Å². The zero-order valence-corrected chi connectivity index (χ0v) is 11.9. The second-order valence-electron chi connectivity index (χ2n) is 4.82. The molecule has 1 aromatic carbocycles. The van der Waals surface area contributed by atoms with Gasteiger partial charge in [0.25, 0.3) is 0 Å². The van der Waals surface area contributed by atoms with Crippen LogP contribution in [0.1, 0.15) is 37.8 Å². The van der Waals surface area contributed by atoms with Crippen LogP contribution >= 0.6 is 0 Å². The Kier molecular flexibility index (Phi) is 6.30. The Balaban J connectivity index is 2.65. The lowest BCUT2D eigenvalue weighted by Crippen LogP contribution is -2.24. The summed E-state index contributed by atoms with van der Waals surface area (Å²) in [7, 11) is 0. The van der Waals surface area contributed by atoms with Gasteiger partial charge in [-0.15, -0.1) is 0 Å². The smallest absolute Gasteiger partial charge is 0.244 e. The summed E-state index contributed by atoms with van der Waals surface area (Å²) in [4.78, 5) is 11.8. The molecule has 2 N–H and O–H groups in total. The van der Waals surface area contributed by atoms with E-state index in [1.54, 1.807) is 13.0 Å². The van der Waals surface area contributed by atoms with Crippen LogP contribution in [0.15, 0.2) is 30.3 Å². The largest absolute Gasteiger partial charge is 0.393 e. The highest BCUT2D eigenvalue weighted by atomic mass is 16.3. The van der Waals surface area contributed by atoms with Crippen molar-refractivity contribution in [2.75, 3.05) is 6.54 Å². The minimum atomic E-state index is -0.382. The Hall–Kier alpha value is -1.61. The van der Waals surface area contributed by atoms with E-state index in [1.807, 2.05) is 38.1 Å². The highest BCUT2D eigenvalue weighted by Crippen LogP contribution is 2.18. The van der Waals surface area contributed by atoms with Crippen LogP contribution in [0.3, 0.4) is 0 Å². The summed E-state index contributed by atoms with van der Waals surface area (Å²) in [5, 5.41) is 11.9. The van der Waals surface area contributed by atoms with Gasteiger partial charge in [-0.1, -0.05) is 36.8 Å². The van der Waals surface area contributed by atoms with Crippen LogP contribution < -0.4 is 5.32 Å². The molecule has 0 saturated heterocycles. The van der Waals surface area contributed by atoms with Gasteiger partial charge in [0.05, 0.1) is 6.10 Å². The first-order valence-electron chi connectivity index (χ1n) is 6.76. The summed E-state index contributed by atoms with van der Waals surface area (Å²) >= 11 is 0. The maximum atomic E-state index is 11.8. The van der Waals surface area contributed by atoms with E-state index < -0.39 is 0 Å². The average Bonchev–Trinajstić information content (AvgIpc) is 2.36. The summed E-state index contributed by atoms with van der Waals surface area (Å²) in [5.74, 6) is -0.0990.